The number of benzene rings is 2. The van der Waals surface area contributed by atoms with Crippen molar-refractivity contribution in [2.75, 3.05) is 20.8 Å². The molecule has 0 unspecified atom stereocenters. The number of hydrogen-bond donors (Lipinski definition) is 1. The van der Waals surface area contributed by atoms with Crippen molar-refractivity contribution in [3.05, 3.63) is 59.7 Å². The number of amides is 2. The van der Waals surface area contributed by atoms with Crippen LogP contribution in [0.15, 0.2) is 53.6 Å². The van der Waals surface area contributed by atoms with Gasteiger partial charge in [0.1, 0.15) is 11.5 Å². The quantitative estimate of drug-likeness (QED) is 0.745. The van der Waals surface area contributed by atoms with E-state index < -0.39 is 0 Å². The highest BCUT2D eigenvalue weighted by atomic mass is 16.5. The van der Waals surface area contributed by atoms with Crippen LogP contribution in [0.4, 0.5) is 0 Å². The Morgan fingerprint density at radius 2 is 1.86 bits per heavy atom. The summed E-state index contributed by atoms with van der Waals surface area (Å²) in [6.07, 6.45) is 0.959. The molecule has 0 spiro atoms. The summed E-state index contributed by atoms with van der Waals surface area (Å²) in [5.74, 6) is 0.986. The van der Waals surface area contributed by atoms with Gasteiger partial charge in [-0.15, -0.1) is 0 Å². The third-order valence-corrected chi connectivity index (χ3v) is 4.73. The number of rotatable bonds is 8. The second-order valence-electron chi connectivity index (χ2n) is 6.63. The highest BCUT2D eigenvalue weighted by Gasteiger charge is 2.21. The summed E-state index contributed by atoms with van der Waals surface area (Å²) >= 11 is 0. The molecule has 0 saturated carbocycles. The van der Waals surface area contributed by atoms with Crippen LogP contribution in [0.3, 0.4) is 0 Å². The SMILES string of the molecule is COc1ccc(CNC(=O)CCC(=O)N2CCC(c3ccccc3)=N2)c(OC)c1. The fourth-order valence-corrected chi connectivity index (χ4v) is 3.10. The number of hydrogen-bond acceptors (Lipinski definition) is 5. The van der Waals surface area contributed by atoms with E-state index in [0.29, 0.717) is 24.6 Å². The molecule has 1 heterocycles. The maximum atomic E-state index is 12.4. The lowest BCUT2D eigenvalue weighted by Crippen LogP contribution is -2.27. The van der Waals surface area contributed by atoms with E-state index in [4.69, 9.17) is 9.47 Å². The molecule has 0 radical (unpaired) electrons. The molecule has 0 aliphatic carbocycles. The molecule has 2 aromatic rings. The van der Waals surface area contributed by atoms with Gasteiger partial charge in [0, 0.05) is 37.4 Å². The van der Waals surface area contributed by atoms with Crippen molar-refractivity contribution in [3.63, 3.8) is 0 Å². The van der Waals surface area contributed by atoms with Crippen LogP contribution in [0.2, 0.25) is 0 Å². The average molecular weight is 395 g/mol. The summed E-state index contributed by atoms with van der Waals surface area (Å²) in [4.78, 5) is 24.5. The van der Waals surface area contributed by atoms with Crippen LogP contribution in [0.5, 0.6) is 11.5 Å². The van der Waals surface area contributed by atoms with E-state index in [1.807, 2.05) is 42.5 Å². The topological polar surface area (TPSA) is 80.2 Å². The minimum Gasteiger partial charge on any atom is -0.497 e. The van der Waals surface area contributed by atoms with Crippen molar-refractivity contribution in [3.8, 4) is 11.5 Å². The fraction of sp³-hybridized carbons (Fsp3) is 0.318. The largest absolute Gasteiger partial charge is 0.497 e. The van der Waals surface area contributed by atoms with Gasteiger partial charge in [0.05, 0.1) is 26.5 Å². The average Bonchev–Trinajstić information content (AvgIpc) is 3.27. The van der Waals surface area contributed by atoms with Crippen LogP contribution in [-0.4, -0.2) is 43.3 Å². The number of ether oxygens (including phenoxy) is 2. The van der Waals surface area contributed by atoms with Gasteiger partial charge in [0.25, 0.3) is 0 Å². The molecular formula is C22H25N3O4. The van der Waals surface area contributed by atoms with E-state index in [-0.39, 0.29) is 24.7 Å². The fourth-order valence-electron chi connectivity index (χ4n) is 3.10. The van der Waals surface area contributed by atoms with Gasteiger partial charge in [-0.05, 0) is 17.7 Å². The third-order valence-electron chi connectivity index (χ3n) is 4.73. The second-order valence-corrected chi connectivity index (χ2v) is 6.63. The molecule has 0 atom stereocenters. The molecule has 1 aliphatic rings. The zero-order valence-corrected chi connectivity index (χ0v) is 16.7. The highest BCUT2D eigenvalue weighted by molar-refractivity contribution is 6.02. The van der Waals surface area contributed by atoms with Crippen molar-refractivity contribution in [2.45, 2.75) is 25.8 Å². The molecule has 7 nitrogen and oxygen atoms in total. The normalized spacial score (nSPS) is 13.0. The predicted molar refractivity (Wildman–Crippen MR) is 110 cm³/mol. The zero-order valence-electron chi connectivity index (χ0n) is 16.7. The summed E-state index contributed by atoms with van der Waals surface area (Å²) in [5.41, 5.74) is 2.76. The Morgan fingerprint density at radius 1 is 1.07 bits per heavy atom. The molecule has 0 aromatic heterocycles. The predicted octanol–water partition coefficient (Wildman–Crippen LogP) is 2.74. The molecule has 2 amide bonds. The van der Waals surface area contributed by atoms with Crippen molar-refractivity contribution >= 4 is 17.5 Å². The Hall–Kier alpha value is -3.35. The first kappa shape index (κ1) is 20.4. The van der Waals surface area contributed by atoms with Crippen molar-refractivity contribution in [1.82, 2.24) is 10.3 Å². The number of carbonyl (C=O) groups excluding carboxylic acids is 2. The lowest BCUT2D eigenvalue weighted by molar-refractivity contribution is -0.133. The Bertz CT molecular complexity index is 896. The molecular weight excluding hydrogens is 370 g/mol. The lowest BCUT2D eigenvalue weighted by Gasteiger charge is -2.12. The van der Waals surface area contributed by atoms with Crippen LogP contribution < -0.4 is 14.8 Å². The van der Waals surface area contributed by atoms with Crippen LogP contribution in [-0.2, 0) is 16.1 Å². The van der Waals surface area contributed by atoms with Gasteiger partial charge in [0.15, 0.2) is 0 Å². The minimum atomic E-state index is -0.192. The van der Waals surface area contributed by atoms with Crippen LogP contribution in [0.25, 0.3) is 0 Å². The third kappa shape index (κ3) is 5.34. The molecule has 2 aromatic carbocycles. The summed E-state index contributed by atoms with van der Waals surface area (Å²) in [5, 5.41) is 8.69. The summed E-state index contributed by atoms with van der Waals surface area (Å²) < 4.78 is 10.5. The number of hydrazone groups is 1. The van der Waals surface area contributed by atoms with Crippen LogP contribution >= 0.6 is 0 Å². The molecule has 152 valence electrons. The van der Waals surface area contributed by atoms with Gasteiger partial charge in [-0.25, -0.2) is 5.01 Å². The smallest absolute Gasteiger partial charge is 0.243 e. The standard InChI is InChI=1S/C22H25N3O4/c1-28-18-9-8-17(20(14-18)29-2)15-23-21(26)10-11-22(27)25-13-12-19(24-25)16-6-4-3-5-7-16/h3-9,14H,10-13,15H2,1-2H3,(H,23,26). The first-order valence-electron chi connectivity index (χ1n) is 9.51. The van der Waals surface area contributed by atoms with Gasteiger partial charge >= 0.3 is 0 Å². The van der Waals surface area contributed by atoms with Gasteiger partial charge < -0.3 is 14.8 Å². The van der Waals surface area contributed by atoms with Crippen molar-refractivity contribution < 1.29 is 19.1 Å². The molecule has 0 bridgehead atoms. The maximum Gasteiger partial charge on any atom is 0.243 e. The van der Waals surface area contributed by atoms with E-state index in [0.717, 1.165) is 23.3 Å². The Morgan fingerprint density at radius 3 is 2.59 bits per heavy atom. The maximum absolute atomic E-state index is 12.4. The molecule has 1 N–H and O–H groups in total. The minimum absolute atomic E-state index is 0.115. The number of nitrogens with one attached hydrogen (secondary N) is 1. The first-order valence-corrected chi connectivity index (χ1v) is 9.51. The molecule has 3 rings (SSSR count). The summed E-state index contributed by atoms with van der Waals surface area (Å²) in [6.45, 7) is 0.869. The second kappa shape index (κ2) is 9.73. The number of nitrogens with zero attached hydrogens (tertiary/aromatic N) is 2. The van der Waals surface area contributed by atoms with E-state index in [9.17, 15) is 9.59 Å². The zero-order chi connectivity index (χ0) is 20.6. The Balaban J connectivity index is 1.47. The number of carbonyl (C=O) groups is 2. The molecule has 1 aliphatic heterocycles. The number of methoxy groups -OCH3 is 2. The first-order chi connectivity index (χ1) is 14.1. The highest BCUT2D eigenvalue weighted by Crippen LogP contribution is 2.24. The van der Waals surface area contributed by atoms with E-state index in [2.05, 4.69) is 10.4 Å². The molecule has 0 fully saturated rings. The van der Waals surface area contributed by atoms with Gasteiger partial charge in [-0.3, -0.25) is 9.59 Å². The van der Waals surface area contributed by atoms with Crippen molar-refractivity contribution in [1.29, 1.82) is 0 Å². The summed E-state index contributed by atoms with van der Waals surface area (Å²) in [7, 11) is 3.15. The van der Waals surface area contributed by atoms with Crippen LogP contribution in [0, 0.1) is 0 Å². The van der Waals surface area contributed by atoms with E-state index >= 15 is 0 Å². The van der Waals surface area contributed by atoms with Gasteiger partial charge in [-0.2, -0.15) is 5.10 Å². The monoisotopic (exact) mass is 395 g/mol. The summed E-state index contributed by atoms with van der Waals surface area (Å²) in [6, 6.07) is 15.2. The van der Waals surface area contributed by atoms with E-state index in [1.165, 1.54) is 5.01 Å². The van der Waals surface area contributed by atoms with Gasteiger partial charge in [-0.1, -0.05) is 30.3 Å². The Labute approximate surface area is 170 Å². The van der Waals surface area contributed by atoms with E-state index in [1.54, 1.807) is 20.3 Å². The Kier molecular flexibility index (Phi) is 6.84. The molecule has 29 heavy (non-hydrogen) atoms. The van der Waals surface area contributed by atoms with Crippen LogP contribution in [0.1, 0.15) is 30.4 Å². The van der Waals surface area contributed by atoms with Gasteiger partial charge in [0.2, 0.25) is 11.8 Å². The lowest BCUT2D eigenvalue weighted by atomic mass is 10.1. The molecule has 0 saturated heterocycles. The van der Waals surface area contributed by atoms with Crippen molar-refractivity contribution in [2.24, 2.45) is 5.10 Å². The molecule has 7 heteroatoms.